The van der Waals surface area contributed by atoms with Crippen LogP contribution in [0.4, 0.5) is 0 Å². The molecule has 4 aromatic rings. The van der Waals surface area contributed by atoms with Crippen molar-refractivity contribution in [3.05, 3.63) is 83.9 Å². The van der Waals surface area contributed by atoms with Gasteiger partial charge in [0.1, 0.15) is 0 Å². The second-order valence-corrected chi connectivity index (χ2v) is 11.2. The number of carbonyl (C=O) groups excluding carboxylic acids is 2. The highest BCUT2D eigenvalue weighted by Gasteiger charge is 2.32. The van der Waals surface area contributed by atoms with E-state index < -0.39 is 10.9 Å². The first-order chi connectivity index (χ1) is 18.3. The average Bonchev–Trinajstić information content (AvgIpc) is 3.39. The Balaban J connectivity index is 1.38. The highest BCUT2D eigenvalue weighted by molar-refractivity contribution is 8.00. The molecule has 0 fully saturated rings. The summed E-state index contributed by atoms with van der Waals surface area (Å²) < 4.78 is 0. The van der Waals surface area contributed by atoms with Crippen LogP contribution >= 0.6 is 11.8 Å². The zero-order valence-electron chi connectivity index (χ0n) is 21.2. The van der Waals surface area contributed by atoms with E-state index in [1.807, 2.05) is 72.8 Å². The summed E-state index contributed by atoms with van der Waals surface area (Å²) in [4.78, 5) is 29.0. The summed E-state index contributed by atoms with van der Waals surface area (Å²) in [7, 11) is 0. The zero-order chi connectivity index (χ0) is 26.7. The van der Waals surface area contributed by atoms with Gasteiger partial charge in [0, 0.05) is 35.5 Å². The van der Waals surface area contributed by atoms with Crippen LogP contribution in [0, 0.1) is 0 Å². The van der Waals surface area contributed by atoms with Gasteiger partial charge in [0.2, 0.25) is 11.7 Å². The number of amides is 2. The first kappa shape index (κ1) is 25.6. The van der Waals surface area contributed by atoms with Gasteiger partial charge in [-0.25, -0.2) is 0 Å². The lowest BCUT2D eigenvalue weighted by molar-refractivity contribution is -0.135. The highest BCUT2D eigenvalue weighted by atomic mass is 32.2. The van der Waals surface area contributed by atoms with Crippen molar-refractivity contribution in [3.63, 3.8) is 0 Å². The Kier molecular flexibility index (Phi) is 7.26. The van der Waals surface area contributed by atoms with Gasteiger partial charge in [-0.15, -0.1) is 10.2 Å². The molecule has 1 aromatic heterocycles. The van der Waals surface area contributed by atoms with Crippen molar-refractivity contribution in [2.24, 2.45) is 5.73 Å². The van der Waals surface area contributed by atoms with Crippen LogP contribution in [-0.2, 0) is 22.7 Å². The molecule has 0 saturated carbocycles. The van der Waals surface area contributed by atoms with Crippen LogP contribution in [0.1, 0.15) is 31.4 Å². The molecule has 10 heteroatoms. The van der Waals surface area contributed by atoms with Crippen LogP contribution in [0.2, 0.25) is 0 Å². The van der Waals surface area contributed by atoms with E-state index in [9.17, 15) is 9.59 Å². The number of fused-ring (bicyclic) bond motifs is 1. The molecule has 2 heterocycles. The molecule has 9 nitrogen and oxygen atoms in total. The Morgan fingerprint density at radius 1 is 1.08 bits per heavy atom. The second-order valence-electron chi connectivity index (χ2n) is 10.0. The number of nitrogens with two attached hydrogens (primary N) is 1. The van der Waals surface area contributed by atoms with Gasteiger partial charge in [0.25, 0.3) is 5.91 Å². The maximum atomic E-state index is 13.6. The number of nitrogens with one attached hydrogen (secondary N) is 2. The second kappa shape index (κ2) is 10.8. The summed E-state index contributed by atoms with van der Waals surface area (Å²) in [5.41, 5.74) is 10.3. The van der Waals surface area contributed by atoms with Crippen LogP contribution in [0.25, 0.3) is 22.5 Å². The van der Waals surface area contributed by atoms with Gasteiger partial charge in [-0.3, -0.25) is 9.59 Å². The summed E-state index contributed by atoms with van der Waals surface area (Å²) in [6.45, 7) is 4.45. The van der Waals surface area contributed by atoms with E-state index in [-0.39, 0.29) is 18.2 Å². The van der Waals surface area contributed by atoms with E-state index in [2.05, 4.69) is 25.9 Å². The Labute approximate surface area is 225 Å². The van der Waals surface area contributed by atoms with Gasteiger partial charge >= 0.3 is 0 Å². The molecule has 0 radical (unpaired) electrons. The van der Waals surface area contributed by atoms with Gasteiger partial charge in [-0.1, -0.05) is 78.5 Å². The fourth-order valence-electron chi connectivity index (χ4n) is 4.43. The SMILES string of the molecule is CC(C)(N)CC(=O)NC1Sc2ccccc2CN(Cc2ccc(-c3ccccc3-c3nn[nH]n3)cc2)C1=O. The summed E-state index contributed by atoms with van der Waals surface area (Å²) in [6.07, 6.45) is 0.131. The third-order valence-electron chi connectivity index (χ3n) is 6.17. The summed E-state index contributed by atoms with van der Waals surface area (Å²) >= 11 is 1.37. The molecule has 1 aliphatic rings. The van der Waals surface area contributed by atoms with Crippen molar-refractivity contribution in [3.8, 4) is 22.5 Å². The van der Waals surface area contributed by atoms with Crippen LogP contribution in [-0.4, -0.2) is 48.3 Å². The van der Waals surface area contributed by atoms with Crippen molar-refractivity contribution in [2.75, 3.05) is 0 Å². The van der Waals surface area contributed by atoms with E-state index in [4.69, 9.17) is 5.73 Å². The van der Waals surface area contributed by atoms with Gasteiger partial charge in [-0.2, -0.15) is 5.21 Å². The number of aromatic nitrogens is 4. The lowest BCUT2D eigenvalue weighted by Gasteiger charge is -2.26. The van der Waals surface area contributed by atoms with Crippen LogP contribution < -0.4 is 11.1 Å². The number of benzene rings is 3. The number of carbonyl (C=O) groups is 2. The van der Waals surface area contributed by atoms with Crippen LogP contribution in [0.3, 0.4) is 0 Å². The molecule has 0 bridgehead atoms. The molecule has 38 heavy (non-hydrogen) atoms. The molecule has 4 N–H and O–H groups in total. The number of nitrogens with zero attached hydrogens (tertiary/aromatic N) is 4. The van der Waals surface area contributed by atoms with E-state index in [0.717, 1.165) is 32.7 Å². The van der Waals surface area contributed by atoms with Crippen molar-refractivity contribution < 1.29 is 9.59 Å². The first-order valence-electron chi connectivity index (χ1n) is 12.3. The predicted octanol–water partition coefficient (Wildman–Crippen LogP) is 3.74. The number of aromatic amines is 1. The quantitative estimate of drug-likeness (QED) is 0.334. The topological polar surface area (TPSA) is 130 Å². The minimum absolute atomic E-state index is 0.131. The summed E-state index contributed by atoms with van der Waals surface area (Å²) in [6, 6.07) is 23.9. The van der Waals surface area contributed by atoms with Crippen molar-refractivity contribution >= 4 is 23.6 Å². The first-order valence-corrected chi connectivity index (χ1v) is 13.2. The molecule has 0 aliphatic carbocycles. The monoisotopic (exact) mass is 527 g/mol. The zero-order valence-corrected chi connectivity index (χ0v) is 22.0. The Hall–Kier alpha value is -4.02. The molecule has 194 valence electrons. The summed E-state index contributed by atoms with van der Waals surface area (Å²) in [5.74, 6) is 0.148. The van der Waals surface area contributed by atoms with Crippen molar-refractivity contribution in [2.45, 2.75) is 49.2 Å². The molecule has 5 rings (SSSR count). The fraction of sp³-hybridized carbons (Fsp3) is 0.250. The van der Waals surface area contributed by atoms with Gasteiger partial charge in [-0.05, 0) is 47.4 Å². The smallest absolute Gasteiger partial charge is 0.256 e. The fourth-order valence-corrected chi connectivity index (χ4v) is 5.56. The standard InChI is InChI=1S/C28H29N7O2S/c1-28(2,29)15-24(36)30-26-27(37)35(17-20-7-3-6-10-23(20)38-26)16-18-11-13-19(14-12-18)21-8-4-5-9-22(21)25-31-33-34-32-25/h3-14,26H,15-17,29H2,1-2H3,(H,30,36)(H,31,32,33,34). The minimum Gasteiger partial charge on any atom is -0.336 e. The number of rotatable bonds is 7. The number of tetrazole rings is 1. The molecular formula is C28H29N7O2S. The Morgan fingerprint density at radius 2 is 1.79 bits per heavy atom. The third kappa shape index (κ3) is 5.92. The number of hydrogen-bond donors (Lipinski definition) is 3. The Bertz CT molecular complexity index is 1430. The minimum atomic E-state index is -0.727. The Morgan fingerprint density at radius 3 is 2.50 bits per heavy atom. The number of H-pyrrole nitrogens is 1. The van der Waals surface area contributed by atoms with E-state index in [1.54, 1.807) is 18.7 Å². The molecule has 2 amide bonds. The summed E-state index contributed by atoms with van der Waals surface area (Å²) in [5, 5.41) is 16.6. The highest BCUT2D eigenvalue weighted by Crippen LogP contribution is 2.33. The van der Waals surface area contributed by atoms with Gasteiger partial charge in [0.05, 0.1) is 0 Å². The lowest BCUT2D eigenvalue weighted by atomic mass is 9.98. The normalized spacial score (nSPS) is 15.6. The average molecular weight is 528 g/mol. The van der Waals surface area contributed by atoms with Gasteiger partial charge in [0.15, 0.2) is 5.37 Å². The maximum Gasteiger partial charge on any atom is 0.256 e. The van der Waals surface area contributed by atoms with Crippen molar-refractivity contribution in [1.29, 1.82) is 0 Å². The molecule has 0 spiro atoms. The van der Waals surface area contributed by atoms with E-state index >= 15 is 0 Å². The molecular weight excluding hydrogens is 498 g/mol. The molecule has 1 aliphatic heterocycles. The molecule has 3 aromatic carbocycles. The molecule has 1 atom stereocenters. The van der Waals surface area contributed by atoms with E-state index in [0.29, 0.717) is 18.9 Å². The molecule has 1 unspecified atom stereocenters. The predicted molar refractivity (Wildman–Crippen MR) is 146 cm³/mol. The largest absolute Gasteiger partial charge is 0.336 e. The van der Waals surface area contributed by atoms with E-state index in [1.165, 1.54) is 11.8 Å². The van der Waals surface area contributed by atoms with Crippen molar-refractivity contribution in [1.82, 2.24) is 30.8 Å². The lowest BCUT2D eigenvalue weighted by Crippen LogP contribution is -2.47. The number of thioether (sulfide) groups is 1. The van der Waals surface area contributed by atoms with Gasteiger partial charge < -0.3 is 16.0 Å². The third-order valence-corrected chi connectivity index (χ3v) is 7.38. The van der Waals surface area contributed by atoms with Crippen LogP contribution in [0.5, 0.6) is 0 Å². The molecule has 0 saturated heterocycles. The number of hydrogen-bond acceptors (Lipinski definition) is 7. The van der Waals surface area contributed by atoms with Crippen LogP contribution in [0.15, 0.2) is 77.7 Å². The maximum absolute atomic E-state index is 13.6.